The fourth-order valence-electron chi connectivity index (χ4n) is 4.06. The minimum absolute atomic E-state index is 0.0933. The zero-order chi connectivity index (χ0) is 16.6. The van der Waals surface area contributed by atoms with Gasteiger partial charge in [-0.05, 0) is 36.8 Å². The summed E-state index contributed by atoms with van der Waals surface area (Å²) in [6.07, 6.45) is 17.8. The molecule has 1 fully saturated rings. The Morgan fingerprint density at radius 3 is 2.38 bits per heavy atom. The van der Waals surface area contributed by atoms with Crippen molar-refractivity contribution in [2.24, 2.45) is 11.8 Å². The summed E-state index contributed by atoms with van der Waals surface area (Å²) < 4.78 is 0. The Balaban J connectivity index is 1.62. The summed E-state index contributed by atoms with van der Waals surface area (Å²) in [5, 5.41) is 13.5. The molecule has 3 rings (SSSR count). The molecule has 3 unspecified atom stereocenters. The number of allylic oxidation sites excluding steroid dienone is 4. The van der Waals surface area contributed by atoms with Crippen molar-refractivity contribution in [2.45, 2.75) is 37.6 Å². The van der Waals surface area contributed by atoms with Crippen molar-refractivity contribution in [1.29, 1.82) is 0 Å². The van der Waals surface area contributed by atoms with Crippen LogP contribution in [0.3, 0.4) is 0 Å². The summed E-state index contributed by atoms with van der Waals surface area (Å²) in [6.45, 7) is 1.15. The zero-order valence-electron chi connectivity index (χ0n) is 14.4. The molecule has 0 spiro atoms. The molecule has 0 amide bonds. The average Bonchev–Trinajstić information content (AvgIpc) is 2.93. The van der Waals surface area contributed by atoms with Gasteiger partial charge < -0.3 is 10.4 Å². The van der Waals surface area contributed by atoms with Gasteiger partial charge in [0.2, 0.25) is 0 Å². The van der Waals surface area contributed by atoms with Gasteiger partial charge in [0.25, 0.3) is 0 Å². The van der Waals surface area contributed by atoms with Crippen LogP contribution in [0.1, 0.15) is 37.2 Å². The fraction of sp³-hybridized carbons (Fsp3) is 0.455. The van der Waals surface area contributed by atoms with Gasteiger partial charge in [-0.15, -0.1) is 0 Å². The van der Waals surface area contributed by atoms with Crippen LogP contribution in [0.4, 0.5) is 0 Å². The molecule has 24 heavy (non-hydrogen) atoms. The van der Waals surface area contributed by atoms with Crippen molar-refractivity contribution in [2.75, 3.05) is 13.2 Å². The molecule has 1 aromatic carbocycles. The van der Waals surface area contributed by atoms with E-state index in [-0.39, 0.29) is 18.6 Å². The summed E-state index contributed by atoms with van der Waals surface area (Å²) >= 11 is 0. The van der Waals surface area contributed by atoms with Crippen LogP contribution in [0.5, 0.6) is 0 Å². The van der Waals surface area contributed by atoms with Gasteiger partial charge >= 0.3 is 0 Å². The van der Waals surface area contributed by atoms with Crippen molar-refractivity contribution in [3.05, 3.63) is 72.4 Å². The quantitative estimate of drug-likeness (QED) is 0.822. The Hall–Kier alpha value is -1.64. The summed E-state index contributed by atoms with van der Waals surface area (Å²) in [7, 11) is 0. The van der Waals surface area contributed by atoms with Gasteiger partial charge in [-0.2, -0.15) is 0 Å². The highest BCUT2D eigenvalue weighted by atomic mass is 16.3. The standard InChI is InChI=1S/C22H29NO/c24-17-22(19-12-4-1-2-5-13-19)23-16-20-14-8-9-15-21(20)18-10-6-3-7-11-18/h1-7,10-13,19-24H,8-9,14-17H2. The monoisotopic (exact) mass is 323 g/mol. The molecule has 2 aliphatic carbocycles. The topological polar surface area (TPSA) is 32.3 Å². The minimum Gasteiger partial charge on any atom is -0.395 e. The SMILES string of the molecule is OCC(NCC1CCCCC1c1ccccc1)C1C=CC=CC=C1. The molecule has 2 heteroatoms. The summed E-state index contributed by atoms with van der Waals surface area (Å²) in [6, 6.07) is 11.0. The van der Waals surface area contributed by atoms with Crippen molar-refractivity contribution >= 4 is 0 Å². The number of nitrogens with one attached hydrogen (secondary N) is 1. The smallest absolute Gasteiger partial charge is 0.0593 e. The Kier molecular flexibility index (Phi) is 6.45. The number of rotatable bonds is 6. The molecule has 0 saturated heterocycles. The molecule has 0 aliphatic heterocycles. The first-order valence-electron chi connectivity index (χ1n) is 9.29. The van der Waals surface area contributed by atoms with Crippen LogP contribution in [0.25, 0.3) is 0 Å². The van der Waals surface area contributed by atoms with E-state index in [0.717, 1.165) is 6.54 Å². The van der Waals surface area contributed by atoms with Gasteiger partial charge in [0.1, 0.15) is 0 Å². The highest BCUT2D eigenvalue weighted by Crippen LogP contribution is 2.37. The van der Waals surface area contributed by atoms with E-state index in [1.807, 2.05) is 12.2 Å². The Morgan fingerprint density at radius 2 is 1.67 bits per heavy atom. The van der Waals surface area contributed by atoms with E-state index in [1.165, 1.54) is 31.2 Å². The lowest BCUT2D eigenvalue weighted by atomic mass is 9.75. The predicted octanol–water partition coefficient (Wildman–Crippen LogP) is 4.21. The van der Waals surface area contributed by atoms with Crippen LogP contribution in [0.15, 0.2) is 66.8 Å². The zero-order valence-corrected chi connectivity index (χ0v) is 14.4. The van der Waals surface area contributed by atoms with Gasteiger partial charge in [-0.1, -0.05) is 79.6 Å². The lowest BCUT2D eigenvalue weighted by Gasteiger charge is -2.34. The van der Waals surface area contributed by atoms with E-state index in [0.29, 0.717) is 11.8 Å². The van der Waals surface area contributed by atoms with Crippen molar-refractivity contribution in [3.8, 4) is 0 Å². The van der Waals surface area contributed by atoms with Gasteiger partial charge in [0, 0.05) is 12.0 Å². The van der Waals surface area contributed by atoms with Gasteiger partial charge in [-0.3, -0.25) is 0 Å². The second kappa shape index (κ2) is 9.00. The van der Waals surface area contributed by atoms with Crippen molar-refractivity contribution in [1.82, 2.24) is 5.32 Å². The van der Waals surface area contributed by atoms with Gasteiger partial charge in [0.15, 0.2) is 0 Å². The van der Waals surface area contributed by atoms with Crippen LogP contribution >= 0.6 is 0 Å². The van der Waals surface area contributed by atoms with Crippen LogP contribution in [0, 0.1) is 11.8 Å². The summed E-state index contributed by atoms with van der Waals surface area (Å²) in [4.78, 5) is 0. The lowest BCUT2D eigenvalue weighted by Crippen LogP contribution is -2.42. The predicted molar refractivity (Wildman–Crippen MR) is 101 cm³/mol. The second-order valence-corrected chi connectivity index (χ2v) is 6.99. The number of aliphatic hydroxyl groups excluding tert-OH is 1. The maximum absolute atomic E-state index is 9.83. The van der Waals surface area contributed by atoms with Gasteiger partial charge in [0.05, 0.1) is 6.61 Å². The average molecular weight is 323 g/mol. The molecule has 128 valence electrons. The highest BCUT2D eigenvalue weighted by Gasteiger charge is 2.27. The molecule has 0 aromatic heterocycles. The third-order valence-corrected chi connectivity index (χ3v) is 5.44. The van der Waals surface area contributed by atoms with E-state index < -0.39 is 0 Å². The molecule has 2 nitrogen and oxygen atoms in total. The van der Waals surface area contributed by atoms with Gasteiger partial charge in [-0.25, -0.2) is 0 Å². The molecule has 0 radical (unpaired) electrons. The maximum Gasteiger partial charge on any atom is 0.0593 e. The number of benzene rings is 1. The summed E-state index contributed by atoms with van der Waals surface area (Å²) in [5.41, 5.74) is 1.48. The molecule has 0 heterocycles. The van der Waals surface area contributed by atoms with Crippen LogP contribution < -0.4 is 5.32 Å². The molecule has 1 saturated carbocycles. The first-order chi connectivity index (χ1) is 11.9. The van der Waals surface area contributed by atoms with Crippen molar-refractivity contribution < 1.29 is 5.11 Å². The van der Waals surface area contributed by atoms with Crippen LogP contribution in [-0.2, 0) is 0 Å². The Morgan fingerprint density at radius 1 is 0.958 bits per heavy atom. The van der Waals surface area contributed by atoms with Crippen LogP contribution in [0.2, 0.25) is 0 Å². The highest BCUT2D eigenvalue weighted by molar-refractivity contribution is 5.22. The largest absolute Gasteiger partial charge is 0.395 e. The first kappa shape index (κ1) is 17.2. The molecule has 1 aromatic rings. The normalized spacial score (nSPS) is 25.5. The van der Waals surface area contributed by atoms with E-state index in [1.54, 1.807) is 0 Å². The van der Waals surface area contributed by atoms with Crippen molar-refractivity contribution in [3.63, 3.8) is 0 Å². The third-order valence-electron chi connectivity index (χ3n) is 5.44. The molecular formula is C22H29NO. The molecule has 3 atom stereocenters. The van der Waals surface area contributed by atoms with Crippen LogP contribution in [-0.4, -0.2) is 24.3 Å². The third kappa shape index (κ3) is 4.46. The van der Waals surface area contributed by atoms with E-state index in [4.69, 9.17) is 0 Å². The van der Waals surface area contributed by atoms with E-state index in [9.17, 15) is 5.11 Å². The first-order valence-corrected chi connectivity index (χ1v) is 9.29. The molecule has 2 aliphatic rings. The molecule has 2 N–H and O–H groups in total. The minimum atomic E-state index is 0.0933. The Bertz CT molecular complexity index is 559. The Labute approximate surface area is 146 Å². The lowest BCUT2D eigenvalue weighted by molar-refractivity contribution is 0.208. The van der Waals surface area contributed by atoms with E-state index in [2.05, 4.69) is 60.0 Å². The number of hydrogen-bond donors (Lipinski definition) is 2. The second-order valence-electron chi connectivity index (χ2n) is 6.99. The summed E-state index contributed by atoms with van der Waals surface area (Å²) in [5.74, 6) is 1.56. The molecule has 0 bridgehead atoms. The molecular weight excluding hydrogens is 294 g/mol. The number of hydrogen-bond acceptors (Lipinski definition) is 2. The number of aliphatic hydroxyl groups is 1. The fourth-order valence-corrected chi connectivity index (χ4v) is 4.06. The maximum atomic E-state index is 9.83. The van der Waals surface area contributed by atoms with E-state index >= 15 is 0 Å².